The normalized spacial score (nSPS) is 27.9. The van der Waals surface area contributed by atoms with Crippen LogP contribution in [0.15, 0.2) is 0 Å². The Labute approximate surface area is 107 Å². The first kappa shape index (κ1) is 15.1. The standard InChI is InChI=1S/C12H20O6/c1-12(2)10(17-7-15-3)9(18-11(12)14)8(16-4)5-6-13/h6,8-10H,5,7H2,1-4H3/t8-,9+,10-/m0/s1. The van der Waals surface area contributed by atoms with Gasteiger partial charge >= 0.3 is 5.97 Å². The highest BCUT2D eigenvalue weighted by Gasteiger charge is 2.54. The van der Waals surface area contributed by atoms with Crippen molar-refractivity contribution in [3.05, 3.63) is 0 Å². The lowest BCUT2D eigenvalue weighted by atomic mass is 9.84. The first-order valence-electron chi connectivity index (χ1n) is 5.77. The van der Waals surface area contributed by atoms with Crippen LogP contribution in [0.1, 0.15) is 20.3 Å². The van der Waals surface area contributed by atoms with Gasteiger partial charge in [-0.3, -0.25) is 4.79 Å². The lowest BCUT2D eigenvalue weighted by Gasteiger charge is -2.28. The van der Waals surface area contributed by atoms with E-state index in [2.05, 4.69) is 0 Å². The van der Waals surface area contributed by atoms with Crippen molar-refractivity contribution in [2.24, 2.45) is 5.41 Å². The fourth-order valence-electron chi connectivity index (χ4n) is 2.04. The maximum Gasteiger partial charge on any atom is 0.314 e. The third kappa shape index (κ3) is 2.88. The van der Waals surface area contributed by atoms with Crippen molar-refractivity contribution in [1.29, 1.82) is 0 Å². The molecule has 0 aromatic rings. The molecule has 6 nitrogen and oxygen atoms in total. The fraction of sp³-hybridized carbons (Fsp3) is 0.833. The summed E-state index contributed by atoms with van der Waals surface area (Å²) in [7, 11) is 2.97. The summed E-state index contributed by atoms with van der Waals surface area (Å²) in [6.07, 6.45) is -0.722. The highest BCUT2D eigenvalue weighted by Crippen LogP contribution is 2.38. The lowest BCUT2D eigenvalue weighted by molar-refractivity contribution is -0.153. The summed E-state index contributed by atoms with van der Waals surface area (Å²) in [6.45, 7) is 3.53. The Bertz CT molecular complexity index is 301. The first-order chi connectivity index (χ1) is 8.48. The molecule has 0 N–H and O–H groups in total. The van der Waals surface area contributed by atoms with Crippen molar-refractivity contribution >= 4 is 12.3 Å². The third-order valence-electron chi connectivity index (χ3n) is 3.14. The molecule has 0 aliphatic carbocycles. The number of rotatable bonds is 7. The molecule has 0 aromatic carbocycles. The van der Waals surface area contributed by atoms with Crippen LogP contribution in [-0.2, 0) is 28.5 Å². The van der Waals surface area contributed by atoms with Gasteiger partial charge in [0.2, 0.25) is 0 Å². The van der Waals surface area contributed by atoms with E-state index in [0.29, 0.717) is 0 Å². The molecule has 18 heavy (non-hydrogen) atoms. The van der Waals surface area contributed by atoms with Gasteiger partial charge in [-0.1, -0.05) is 0 Å². The predicted molar refractivity (Wildman–Crippen MR) is 61.9 cm³/mol. The van der Waals surface area contributed by atoms with Crippen LogP contribution < -0.4 is 0 Å². The maximum atomic E-state index is 11.8. The quantitative estimate of drug-likeness (QED) is 0.378. The highest BCUT2D eigenvalue weighted by atomic mass is 16.7. The van der Waals surface area contributed by atoms with Gasteiger partial charge in [0.15, 0.2) is 6.10 Å². The molecule has 0 amide bonds. The highest BCUT2D eigenvalue weighted by molar-refractivity contribution is 5.79. The second-order valence-electron chi connectivity index (χ2n) is 4.76. The zero-order valence-electron chi connectivity index (χ0n) is 11.2. The molecule has 6 heteroatoms. The van der Waals surface area contributed by atoms with Gasteiger partial charge in [-0.05, 0) is 13.8 Å². The topological polar surface area (TPSA) is 71.1 Å². The minimum absolute atomic E-state index is 0.0543. The van der Waals surface area contributed by atoms with Crippen LogP contribution in [-0.4, -0.2) is 51.6 Å². The summed E-state index contributed by atoms with van der Waals surface area (Å²) < 4.78 is 20.9. The van der Waals surface area contributed by atoms with E-state index in [1.807, 2.05) is 0 Å². The van der Waals surface area contributed by atoms with Gasteiger partial charge in [0.05, 0.1) is 5.41 Å². The van der Waals surface area contributed by atoms with E-state index < -0.39 is 23.7 Å². The van der Waals surface area contributed by atoms with Crippen LogP contribution in [0.3, 0.4) is 0 Å². The summed E-state index contributed by atoms with van der Waals surface area (Å²) in [5.74, 6) is -0.360. The molecule has 0 radical (unpaired) electrons. The molecular weight excluding hydrogens is 240 g/mol. The molecule has 3 atom stereocenters. The van der Waals surface area contributed by atoms with Crippen molar-refractivity contribution < 1.29 is 28.5 Å². The number of ether oxygens (including phenoxy) is 4. The zero-order valence-corrected chi connectivity index (χ0v) is 11.2. The Morgan fingerprint density at radius 3 is 2.61 bits per heavy atom. The Balaban J connectivity index is 2.87. The minimum atomic E-state index is -0.789. The number of aldehydes is 1. The smallest absolute Gasteiger partial charge is 0.314 e. The fourth-order valence-corrected chi connectivity index (χ4v) is 2.04. The molecule has 1 heterocycles. The predicted octanol–water partition coefficient (Wildman–Crippen LogP) is 0.531. The van der Waals surface area contributed by atoms with Gasteiger partial charge in [0.1, 0.15) is 25.3 Å². The Morgan fingerprint density at radius 2 is 2.11 bits per heavy atom. The van der Waals surface area contributed by atoms with Crippen molar-refractivity contribution in [2.75, 3.05) is 21.0 Å². The number of methoxy groups -OCH3 is 2. The van der Waals surface area contributed by atoms with Gasteiger partial charge in [0.25, 0.3) is 0 Å². The second kappa shape index (κ2) is 6.26. The first-order valence-corrected chi connectivity index (χ1v) is 5.77. The lowest BCUT2D eigenvalue weighted by Crippen LogP contribution is -2.43. The van der Waals surface area contributed by atoms with Crippen molar-refractivity contribution in [1.82, 2.24) is 0 Å². The van der Waals surface area contributed by atoms with Crippen LogP contribution in [0.4, 0.5) is 0 Å². The van der Waals surface area contributed by atoms with Gasteiger partial charge in [-0.25, -0.2) is 0 Å². The summed E-state index contributed by atoms with van der Waals surface area (Å²) in [6, 6.07) is 0. The average molecular weight is 260 g/mol. The van der Waals surface area contributed by atoms with E-state index in [1.165, 1.54) is 14.2 Å². The van der Waals surface area contributed by atoms with E-state index >= 15 is 0 Å². The van der Waals surface area contributed by atoms with Crippen molar-refractivity contribution in [2.45, 2.75) is 38.6 Å². The molecule has 0 bridgehead atoms. The van der Waals surface area contributed by atoms with Crippen LogP contribution in [0, 0.1) is 5.41 Å². The number of hydrogen-bond acceptors (Lipinski definition) is 6. The van der Waals surface area contributed by atoms with Gasteiger partial charge in [-0.15, -0.1) is 0 Å². The van der Waals surface area contributed by atoms with Gasteiger partial charge in [0, 0.05) is 20.6 Å². The molecule has 0 unspecified atom stereocenters. The Kier molecular flexibility index (Phi) is 5.25. The van der Waals surface area contributed by atoms with Crippen molar-refractivity contribution in [3.8, 4) is 0 Å². The summed E-state index contributed by atoms with van der Waals surface area (Å²) >= 11 is 0. The van der Waals surface area contributed by atoms with Crippen LogP contribution in [0.2, 0.25) is 0 Å². The SMILES string of the molecule is COCO[C@H]1[C@@H]([C@H](CC=O)OC)OC(=O)C1(C)C. The largest absolute Gasteiger partial charge is 0.456 e. The summed E-state index contributed by atoms with van der Waals surface area (Å²) in [4.78, 5) is 22.4. The number of carbonyl (C=O) groups excluding carboxylic acids is 2. The molecule has 1 aliphatic rings. The third-order valence-corrected chi connectivity index (χ3v) is 3.14. The van der Waals surface area contributed by atoms with Crippen molar-refractivity contribution in [3.63, 3.8) is 0 Å². The number of hydrogen-bond donors (Lipinski definition) is 0. The van der Waals surface area contributed by atoms with E-state index in [0.717, 1.165) is 6.29 Å². The minimum Gasteiger partial charge on any atom is -0.456 e. The zero-order chi connectivity index (χ0) is 13.8. The van der Waals surface area contributed by atoms with Crippen LogP contribution >= 0.6 is 0 Å². The maximum absolute atomic E-state index is 11.8. The molecule has 1 aliphatic heterocycles. The second-order valence-corrected chi connectivity index (χ2v) is 4.76. The molecule has 1 rings (SSSR count). The van der Waals surface area contributed by atoms with E-state index in [4.69, 9.17) is 18.9 Å². The number of esters is 1. The van der Waals surface area contributed by atoms with Crippen LogP contribution in [0.5, 0.6) is 0 Å². The molecule has 1 saturated heterocycles. The molecular formula is C12H20O6. The average Bonchev–Trinajstić information content (AvgIpc) is 2.55. The van der Waals surface area contributed by atoms with Crippen LogP contribution in [0.25, 0.3) is 0 Å². The van der Waals surface area contributed by atoms with Gasteiger partial charge < -0.3 is 23.7 Å². The molecule has 1 fully saturated rings. The monoisotopic (exact) mass is 260 g/mol. The molecule has 0 aromatic heterocycles. The van der Waals surface area contributed by atoms with E-state index in [-0.39, 0.29) is 19.2 Å². The summed E-state index contributed by atoms with van der Waals surface area (Å²) in [5, 5.41) is 0. The Hall–Kier alpha value is -0.980. The van der Waals surface area contributed by atoms with Gasteiger partial charge in [-0.2, -0.15) is 0 Å². The Morgan fingerprint density at radius 1 is 1.44 bits per heavy atom. The number of cyclic esters (lactones) is 1. The summed E-state index contributed by atoms with van der Waals surface area (Å²) in [5.41, 5.74) is -0.789. The molecule has 0 spiro atoms. The number of carbonyl (C=O) groups is 2. The molecule has 104 valence electrons. The van der Waals surface area contributed by atoms with E-state index in [9.17, 15) is 9.59 Å². The van der Waals surface area contributed by atoms with E-state index in [1.54, 1.807) is 13.8 Å². The molecule has 0 saturated carbocycles.